The second kappa shape index (κ2) is 6.43. The largest absolute Gasteiger partial charge is 0.481 e. The Morgan fingerprint density at radius 1 is 1.69 bits per heavy atom. The van der Waals surface area contributed by atoms with E-state index in [1.807, 2.05) is 0 Å². The minimum absolute atomic E-state index is 0.0231. The number of carbonyl (C=O) groups is 1. The van der Waals surface area contributed by atoms with E-state index >= 15 is 0 Å². The molecule has 0 saturated carbocycles. The molecule has 0 aliphatic rings. The van der Waals surface area contributed by atoms with Gasteiger partial charge in [-0.1, -0.05) is 11.8 Å². The third-order valence-corrected chi connectivity index (χ3v) is 1.74. The van der Waals surface area contributed by atoms with Gasteiger partial charge >= 0.3 is 0 Å². The van der Waals surface area contributed by atoms with E-state index in [0.717, 1.165) is 5.56 Å². The molecule has 84 valence electrons. The lowest BCUT2D eigenvalue weighted by atomic mass is 10.3. The van der Waals surface area contributed by atoms with Crippen LogP contribution in [0.2, 0.25) is 0 Å². The van der Waals surface area contributed by atoms with Crippen molar-refractivity contribution < 1.29 is 9.53 Å². The Kier molecular flexibility index (Phi) is 4.83. The van der Waals surface area contributed by atoms with Gasteiger partial charge in [-0.15, -0.1) is 0 Å². The summed E-state index contributed by atoms with van der Waals surface area (Å²) < 4.78 is 4.95. The highest BCUT2D eigenvalue weighted by Crippen LogP contribution is 2.06. The van der Waals surface area contributed by atoms with Gasteiger partial charge < -0.3 is 15.8 Å². The first-order valence-electron chi connectivity index (χ1n) is 4.72. The Balaban J connectivity index is 2.52. The molecule has 0 saturated heterocycles. The van der Waals surface area contributed by atoms with Gasteiger partial charge in [0.25, 0.3) is 0 Å². The Labute approximate surface area is 94.0 Å². The first kappa shape index (κ1) is 12.0. The lowest BCUT2D eigenvalue weighted by Gasteiger charge is -1.97. The first-order chi connectivity index (χ1) is 7.76. The molecule has 1 aromatic rings. The molecule has 0 aliphatic heterocycles. The number of nitrogens with zero attached hydrogens (tertiary/aromatic N) is 1. The van der Waals surface area contributed by atoms with Crippen LogP contribution >= 0.6 is 0 Å². The van der Waals surface area contributed by atoms with Gasteiger partial charge in [0.1, 0.15) is 0 Å². The molecule has 0 unspecified atom stereocenters. The summed E-state index contributed by atoms with van der Waals surface area (Å²) in [5.74, 6) is 5.96. The second-order valence-electron chi connectivity index (χ2n) is 2.87. The van der Waals surface area contributed by atoms with Crippen molar-refractivity contribution in [2.24, 2.45) is 5.73 Å². The van der Waals surface area contributed by atoms with Gasteiger partial charge in [0.05, 0.1) is 20.2 Å². The molecule has 1 rings (SSSR count). The van der Waals surface area contributed by atoms with E-state index in [1.165, 1.54) is 0 Å². The van der Waals surface area contributed by atoms with Gasteiger partial charge in [-0.3, -0.25) is 4.79 Å². The van der Waals surface area contributed by atoms with Gasteiger partial charge in [0.15, 0.2) is 0 Å². The van der Waals surface area contributed by atoms with Crippen molar-refractivity contribution in [2.45, 2.75) is 0 Å². The highest BCUT2D eigenvalue weighted by Gasteiger charge is 1.93. The zero-order valence-corrected chi connectivity index (χ0v) is 8.99. The highest BCUT2D eigenvalue weighted by atomic mass is 16.5. The van der Waals surface area contributed by atoms with Crippen molar-refractivity contribution in [3.63, 3.8) is 0 Å². The molecule has 1 aromatic heterocycles. The number of amides is 1. The maximum Gasteiger partial charge on any atom is 0.234 e. The second-order valence-corrected chi connectivity index (χ2v) is 2.87. The van der Waals surface area contributed by atoms with Crippen LogP contribution in [0.3, 0.4) is 0 Å². The van der Waals surface area contributed by atoms with E-state index in [0.29, 0.717) is 5.88 Å². The third-order valence-electron chi connectivity index (χ3n) is 1.74. The normalized spacial score (nSPS) is 8.88. The minimum atomic E-state index is -0.221. The zero-order chi connectivity index (χ0) is 11.8. The molecular weight excluding hydrogens is 206 g/mol. The molecule has 0 aliphatic carbocycles. The van der Waals surface area contributed by atoms with Gasteiger partial charge in [0, 0.05) is 17.8 Å². The summed E-state index contributed by atoms with van der Waals surface area (Å²) in [7, 11) is 1.54. The standard InChI is InChI=1S/C11H13N3O2/c1-16-11-7-9(4-6-14-11)3-2-5-13-10(15)8-12/h4,6-7H,5,8,12H2,1H3,(H,13,15). The molecule has 1 amide bonds. The van der Waals surface area contributed by atoms with Gasteiger partial charge in [-0.25, -0.2) is 4.98 Å². The van der Waals surface area contributed by atoms with Gasteiger partial charge in [-0.2, -0.15) is 0 Å². The van der Waals surface area contributed by atoms with E-state index in [4.69, 9.17) is 10.5 Å². The number of ether oxygens (including phenoxy) is 1. The molecule has 0 spiro atoms. The monoisotopic (exact) mass is 219 g/mol. The molecule has 1 heterocycles. The van der Waals surface area contributed by atoms with Crippen molar-refractivity contribution in [3.8, 4) is 17.7 Å². The van der Waals surface area contributed by atoms with Crippen LogP contribution in [-0.4, -0.2) is 31.1 Å². The molecule has 0 aromatic carbocycles. The maximum absolute atomic E-state index is 10.8. The average molecular weight is 219 g/mol. The summed E-state index contributed by atoms with van der Waals surface area (Å²) in [4.78, 5) is 14.7. The van der Waals surface area contributed by atoms with E-state index in [-0.39, 0.29) is 19.0 Å². The quantitative estimate of drug-likeness (QED) is 0.673. The van der Waals surface area contributed by atoms with E-state index < -0.39 is 0 Å². The Morgan fingerprint density at radius 3 is 3.19 bits per heavy atom. The average Bonchev–Trinajstić information content (AvgIpc) is 2.34. The molecule has 16 heavy (non-hydrogen) atoms. The van der Waals surface area contributed by atoms with Crippen LogP contribution in [-0.2, 0) is 4.79 Å². The number of hydrogen-bond donors (Lipinski definition) is 2. The SMILES string of the molecule is COc1cc(C#CCNC(=O)CN)ccn1. The zero-order valence-electron chi connectivity index (χ0n) is 8.99. The van der Waals surface area contributed by atoms with Crippen LogP contribution in [0.1, 0.15) is 5.56 Å². The van der Waals surface area contributed by atoms with E-state index in [9.17, 15) is 4.79 Å². The Hall–Kier alpha value is -2.06. The van der Waals surface area contributed by atoms with Crippen molar-refractivity contribution in [1.29, 1.82) is 0 Å². The van der Waals surface area contributed by atoms with Crippen molar-refractivity contribution in [3.05, 3.63) is 23.9 Å². The van der Waals surface area contributed by atoms with Gasteiger partial charge in [-0.05, 0) is 6.07 Å². The van der Waals surface area contributed by atoms with Crippen LogP contribution in [0.5, 0.6) is 5.88 Å². The van der Waals surface area contributed by atoms with Crippen molar-refractivity contribution in [1.82, 2.24) is 10.3 Å². The molecule has 0 radical (unpaired) electrons. The lowest BCUT2D eigenvalue weighted by Crippen LogP contribution is -2.30. The molecule has 5 nitrogen and oxygen atoms in total. The fourth-order valence-corrected chi connectivity index (χ4v) is 0.960. The fraction of sp³-hybridized carbons (Fsp3) is 0.273. The lowest BCUT2D eigenvalue weighted by molar-refractivity contribution is -0.119. The van der Waals surface area contributed by atoms with Crippen LogP contribution in [0.15, 0.2) is 18.3 Å². The van der Waals surface area contributed by atoms with E-state index in [1.54, 1.807) is 25.4 Å². The summed E-state index contributed by atoms with van der Waals surface area (Å²) in [6.45, 7) is 0.255. The maximum atomic E-state index is 10.8. The molecule has 0 fully saturated rings. The van der Waals surface area contributed by atoms with Crippen LogP contribution < -0.4 is 15.8 Å². The van der Waals surface area contributed by atoms with Crippen LogP contribution in [0.4, 0.5) is 0 Å². The molecule has 0 bridgehead atoms. The number of carbonyl (C=O) groups excluding carboxylic acids is 1. The Bertz CT molecular complexity index is 421. The van der Waals surface area contributed by atoms with Crippen molar-refractivity contribution >= 4 is 5.91 Å². The predicted molar refractivity (Wildman–Crippen MR) is 59.7 cm³/mol. The molecule has 0 atom stereocenters. The number of rotatable bonds is 3. The number of nitrogens with two attached hydrogens (primary N) is 1. The summed E-state index contributed by atoms with van der Waals surface area (Å²) in [6, 6.07) is 3.48. The molecular formula is C11H13N3O2. The number of nitrogens with one attached hydrogen (secondary N) is 1. The summed E-state index contributed by atoms with van der Waals surface area (Å²) in [6.07, 6.45) is 1.61. The fourth-order valence-electron chi connectivity index (χ4n) is 0.960. The van der Waals surface area contributed by atoms with Gasteiger partial charge in [0.2, 0.25) is 11.8 Å². The smallest absolute Gasteiger partial charge is 0.234 e. The number of aromatic nitrogens is 1. The van der Waals surface area contributed by atoms with E-state index in [2.05, 4.69) is 22.1 Å². The number of pyridine rings is 1. The Morgan fingerprint density at radius 2 is 2.50 bits per heavy atom. The first-order valence-corrected chi connectivity index (χ1v) is 4.72. The van der Waals surface area contributed by atoms with Crippen LogP contribution in [0, 0.1) is 11.8 Å². The summed E-state index contributed by atoms with van der Waals surface area (Å²) in [5.41, 5.74) is 5.90. The van der Waals surface area contributed by atoms with Crippen molar-refractivity contribution in [2.75, 3.05) is 20.2 Å². The topological polar surface area (TPSA) is 77.2 Å². The molecule has 5 heteroatoms. The predicted octanol–water partition coefficient (Wildman–Crippen LogP) is -0.483. The summed E-state index contributed by atoms with van der Waals surface area (Å²) >= 11 is 0. The molecule has 3 N–H and O–H groups in total. The number of methoxy groups -OCH3 is 1. The summed E-state index contributed by atoms with van der Waals surface area (Å²) in [5, 5.41) is 2.55. The third kappa shape index (κ3) is 3.98. The van der Waals surface area contributed by atoms with Crippen LogP contribution in [0.25, 0.3) is 0 Å². The highest BCUT2D eigenvalue weighted by molar-refractivity contribution is 5.77. The minimum Gasteiger partial charge on any atom is -0.481 e. The number of hydrogen-bond acceptors (Lipinski definition) is 4.